The first kappa shape index (κ1) is 21.7. The molecule has 2 aromatic heterocycles. The molecule has 0 aliphatic carbocycles. The van der Waals surface area contributed by atoms with Crippen molar-refractivity contribution in [3.05, 3.63) is 39.5 Å². The number of carbonyl (C=O) groups is 3. The minimum absolute atomic E-state index is 0.105. The standard InChI is InChI=1S/C19H24N2O6S/c1-6-25-19(24)17-10(2)18(20-12(17)4)15(22)7-26-16(23)9-28-8-14-11(3)21-27-13(14)5/h20H,6-9H2,1-5H3. The lowest BCUT2D eigenvalue weighted by molar-refractivity contribution is -0.139. The third kappa shape index (κ3) is 5.03. The van der Waals surface area contributed by atoms with Crippen LogP contribution in [0.2, 0.25) is 0 Å². The van der Waals surface area contributed by atoms with Crippen molar-refractivity contribution in [2.24, 2.45) is 0 Å². The number of carbonyl (C=O) groups excluding carboxylic acids is 3. The molecule has 0 spiro atoms. The van der Waals surface area contributed by atoms with Crippen molar-refractivity contribution in [3.63, 3.8) is 0 Å². The molecule has 8 nitrogen and oxygen atoms in total. The third-order valence-electron chi connectivity index (χ3n) is 4.21. The lowest BCUT2D eigenvalue weighted by atomic mass is 10.1. The molecule has 2 rings (SSSR count). The van der Waals surface area contributed by atoms with E-state index in [9.17, 15) is 14.4 Å². The van der Waals surface area contributed by atoms with Crippen molar-refractivity contribution in [1.82, 2.24) is 10.1 Å². The van der Waals surface area contributed by atoms with E-state index in [2.05, 4.69) is 10.1 Å². The van der Waals surface area contributed by atoms with Gasteiger partial charge in [0.25, 0.3) is 0 Å². The number of nitrogens with zero attached hydrogens (tertiary/aromatic N) is 1. The zero-order valence-corrected chi connectivity index (χ0v) is 17.4. The Morgan fingerprint density at radius 3 is 2.46 bits per heavy atom. The monoisotopic (exact) mass is 408 g/mol. The summed E-state index contributed by atoms with van der Waals surface area (Å²) in [6, 6.07) is 0. The van der Waals surface area contributed by atoms with Crippen molar-refractivity contribution >= 4 is 29.5 Å². The highest BCUT2D eigenvalue weighted by Crippen LogP contribution is 2.21. The van der Waals surface area contributed by atoms with E-state index in [1.54, 1.807) is 20.8 Å². The van der Waals surface area contributed by atoms with Gasteiger partial charge in [-0.05, 0) is 40.2 Å². The number of hydrogen-bond donors (Lipinski definition) is 1. The molecule has 0 saturated carbocycles. The van der Waals surface area contributed by atoms with E-state index in [0.717, 1.165) is 17.0 Å². The first-order valence-electron chi connectivity index (χ1n) is 8.80. The number of rotatable bonds is 9. The second-order valence-corrected chi connectivity index (χ2v) is 7.21. The van der Waals surface area contributed by atoms with Gasteiger partial charge in [-0.3, -0.25) is 9.59 Å². The van der Waals surface area contributed by atoms with Gasteiger partial charge >= 0.3 is 11.9 Å². The van der Waals surface area contributed by atoms with Gasteiger partial charge in [0.1, 0.15) is 5.76 Å². The fourth-order valence-corrected chi connectivity index (χ4v) is 3.71. The highest BCUT2D eigenvalue weighted by atomic mass is 32.2. The van der Waals surface area contributed by atoms with Crippen LogP contribution in [-0.4, -0.2) is 46.8 Å². The molecule has 0 aromatic carbocycles. The first-order chi connectivity index (χ1) is 13.3. The molecule has 0 bridgehead atoms. The van der Waals surface area contributed by atoms with Gasteiger partial charge in [-0.25, -0.2) is 4.79 Å². The Kier molecular flexibility index (Phi) is 7.45. The molecule has 28 heavy (non-hydrogen) atoms. The van der Waals surface area contributed by atoms with E-state index >= 15 is 0 Å². The molecule has 2 aromatic rings. The molecular formula is C19H24N2O6S. The molecule has 0 amide bonds. The average molecular weight is 408 g/mol. The van der Waals surface area contributed by atoms with Crippen molar-refractivity contribution in [1.29, 1.82) is 0 Å². The summed E-state index contributed by atoms with van der Waals surface area (Å²) in [5, 5.41) is 3.86. The molecule has 0 radical (unpaired) electrons. The van der Waals surface area contributed by atoms with Crippen LogP contribution >= 0.6 is 11.8 Å². The molecule has 152 valence electrons. The lowest BCUT2D eigenvalue weighted by Gasteiger charge is -2.05. The summed E-state index contributed by atoms with van der Waals surface area (Å²) in [6.07, 6.45) is 0. The Labute approximate surface area is 167 Å². The number of aromatic nitrogens is 2. The molecule has 0 unspecified atom stereocenters. The number of aromatic amines is 1. The summed E-state index contributed by atoms with van der Waals surface area (Å²) in [5.41, 5.74) is 3.37. The maximum atomic E-state index is 12.4. The van der Waals surface area contributed by atoms with Crippen LogP contribution in [-0.2, 0) is 20.0 Å². The van der Waals surface area contributed by atoms with Gasteiger partial charge in [0.2, 0.25) is 5.78 Å². The maximum Gasteiger partial charge on any atom is 0.340 e. The summed E-state index contributed by atoms with van der Waals surface area (Å²) in [6.45, 7) is 8.57. The second kappa shape index (κ2) is 9.59. The molecule has 0 aliphatic heterocycles. The van der Waals surface area contributed by atoms with Gasteiger partial charge in [-0.1, -0.05) is 5.16 Å². The predicted octanol–water partition coefficient (Wildman–Crippen LogP) is 3.07. The minimum Gasteiger partial charge on any atom is -0.462 e. The van der Waals surface area contributed by atoms with Crippen molar-refractivity contribution < 1.29 is 28.4 Å². The van der Waals surface area contributed by atoms with Crippen molar-refractivity contribution in [3.8, 4) is 0 Å². The number of hydrogen-bond acceptors (Lipinski definition) is 8. The smallest absolute Gasteiger partial charge is 0.340 e. The Hall–Kier alpha value is -2.55. The van der Waals surface area contributed by atoms with Gasteiger partial charge in [0, 0.05) is 17.0 Å². The Morgan fingerprint density at radius 1 is 1.14 bits per heavy atom. The highest BCUT2D eigenvalue weighted by molar-refractivity contribution is 7.99. The second-order valence-electron chi connectivity index (χ2n) is 6.22. The molecule has 0 aliphatic rings. The van der Waals surface area contributed by atoms with E-state index in [-0.39, 0.29) is 18.1 Å². The summed E-state index contributed by atoms with van der Waals surface area (Å²) >= 11 is 1.36. The van der Waals surface area contributed by atoms with Gasteiger partial charge in [0.05, 0.1) is 29.3 Å². The Balaban J connectivity index is 1.87. The summed E-state index contributed by atoms with van der Waals surface area (Å²) in [5.74, 6) is 0.0249. The van der Waals surface area contributed by atoms with Crippen LogP contribution in [0.3, 0.4) is 0 Å². The topological polar surface area (TPSA) is 111 Å². The summed E-state index contributed by atoms with van der Waals surface area (Å²) in [4.78, 5) is 39.2. The Bertz CT molecular complexity index is 864. The van der Waals surface area contributed by atoms with Gasteiger partial charge < -0.3 is 19.0 Å². The normalized spacial score (nSPS) is 10.8. The molecule has 2 heterocycles. The number of ketones is 1. The number of ether oxygens (including phenoxy) is 2. The number of nitrogens with one attached hydrogen (secondary N) is 1. The average Bonchev–Trinajstić information content (AvgIpc) is 3.12. The fourth-order valence-electron chi connectivity index (χ4n) is 2.74. The van der Waals surface area contributed by atoms with E-state index in [4.69, 9.17) is 14.0 Å². The largest absolute Gasteiger partial charge is 0.462 e. The van der Waals surface area contributed by atoms with Crippen molar-refractivity contribution in [2.75, 3.05) is 19.0 Å². The lowest BCUT2D eigenvalue weighted by Crippen LogP contribution is -2.17. The van der Waals surface area contributed by atoms with Crippen LogP contribution in [0.5, 0.6) is 0 Å². The van der Waals surface area contributed by atoms with E-state index in [1.807, 2.05) is 13.8 Å². The van der Waals surface area contributed by atoms with Crippen LogP contribution in [0.15, 0.2) is 4.52 Å². The van der Waals surface area contributed by atoms with Crippen LogP contribution in [0.4, 0.5) is 0 Å². The number of H-pyrrole nitrogens is 1. The first-order valence-corrected chi connectivity index (χ1v) is 9.96. The van der Waals surface area contributed by atoms with Crippen LogP contribution in [0.1, 0.15) is 56.0 Å². The van der Waals surface area contributed by atoms with Gasteiger partial charge in [-0.2, -0.15) is 0 Å². The molecule has 0 saturated heterocycles. The quantitative estimate of drug-likeness (QED) is 0.498. The van der Waals surface area contributed by atoms with Gasteiger partial charge in [-0.15, -0.1) is 11.8 Å². The Morgan fingerprint density at radius 2 is 1.86 bits per heavy atom. The van der Waals surface area contributed by atoms with Crippen molar-refractivity contribution in [2.45, 2.75) is 40.4 Å². The fraction of sp³-hybridized carbons (Fsp3) is 0.474. The van der Waals surface area contributed by atoms with Crippen LogP contribution in [0.25, 0.3) is 0 Å². The van der Waals surface area contributed by atoms with E-state index in [0.29, 0.717) is 22.6 Å². The predicted molar refractivity (Wildman–Crippen MR) is 104 cm³/mol. The number of thioether (sulfide) groups is 1. The zero-order chi connectivity index (χ0) is 20.8. The number of esters is 2. The van der Waals surface area contributed by atoms with Gasteiger partial charge in [0.15, 0.2) is 6.61 Å². The third-order valence-corrected chi connectivity index (χ3v) is 5.14. The van der Waals surface area contributed by atoms with Crippen LogP contribution < -0.4 is 0 Å². The minimum atomic E-state index is -0.489. The maximum absolute atomic E-state index is 12.4. The van der Waals surface area contributed by atoms with E-state index in [1.165, 1.54) is 11.8 Å². The highest BCUT2D eigenvalue weighted by Gasteiger charge is 2.23. The summed E-state index contributed by atoms with van der Waals surface area (Å²) < 4.78 is 15.1. The SMILES string of the molecule is CCOC(=O)c1c(C)[nH]c(C(=O)COC(=O)CSCc2c(C)noc2C)c1C. The van der Waals surface area contributed by atoms with E-state index < -0.39 is 24.3 Å². The van der Waals surface area contributed by atoms with Crippen LogP contribution in [0, 0.1) is 27.7 Å². The molecule has 0 atom stereocenters. The zero-order valence-electron chi connectivity index (χ0n) is 16.6. The molecule has 1 N–H and O–H groups in total. The summed E-state index contributed by atoms with van der Waals surface area (Å²) in [7, 11) is 0. The number of aryl methyl sites for hydroxylation is 3. The molecule has 9 heteroatoms. The molecule has 0 fully saturated rings. The molecular weight excluding hydrogens is 384 g/mol. The number of Topliss-reactive ketones (excluding diaryl/α,β-unsaturated/α-hetero) is 1.